The second kappa shape index (κ2) is 18.2. The first-order chi connectivity index (χ1) is 34.9. The Labute approximate surface area is 413 Å². The van der Waals surface area contributed by atoms with Gasteiger partial charge in [0, 0.05) is 70.3 Å². The average molecular weight is 935 g/mol. The number of rotatable bonds is 5. The molecule has 0 saturated heterocycles. The van der Waals surface area contributed by atoms with Gasteiger partial charge in [-0.05, 0) is 126 Å². The molecular weight excluding hydrogens is 889 g/mol. The number of nitrogens with two attached hydrogens (primary N) is 1. The zero-order valence-corrected chi connectivity index (χ0v) is 39.7. The van der Waals surface area contributed by atoms with E-state index < -0.39 is 0 Å². The standard InChI is InChI=1S/C37H23NO2S.C20H15N3.C7H8/c38-20-23-6-5-10-32-36(23)29-16-22(13-15-31(29)39-32)28-17-24(18-33-37(28)27-8-1-3-9-30(27)40-33)21-12-14-26-25-7-2-4-11-34(25)41-35(26)19-21;1-22-20(21)14-11-12-19-17(13-14)16-9-5-6-10-18(16)23(19)15-7-3-2-4-8-15;1-7-5-3-2-4-6-7/h1-19H,20,38H2;2-13,21H,1H2;2-6H,1H3. The van der Waals surface area contributed by atoms with Crippen molar-refractivity contribution in [3.63, 3.8) is 0 Å². The zero-order valence-electron chi connectivity index (χ0n) is 38.9. The number of aromatic nitrogens is 1. The molecule has 0 unspecified atom stereocenters. The smallest absolute Gasteiger partial charge is 0.151 e. The molecule has 4 heterocycles. The van der Waals surface area contributed by atoms with Crippen molar-refractivity contribution >= 4 is 110 Å². The van der Waals surface area contributed by atoms with Crippen molar-refractivity contribution in [3.05, 3.63) is 235 Å². The number of amidine groups is 1. The molecule has 14 aromatic rings. The third-order valence-electron chi connectivity index (χ3n) is 13.4. The molecule has 0 fully saturated rings. The second-order valence-electron chi connectivity index (χ2n) is 17.7. The maximum atomic E-state index is 7.90. The van der Waals surface area contributed by atoms with Crippen molar-refractivity contribution in [2.24, 2.45) is 10.7 Å². The van der Waals surface area contributed by atoms with E-state index in [0.29, 0.717) is 6.54 Å². The Kier molecular flexibility index (Phi) is 11.1. The molecule has 0 saturated carbocycles. The van der Waals surface area contributed by atoms with Crippen molar-refractivity contribution in [1.82, 2.24) is 4.57 Å². The number of aliphatic imine (C=N–C) groups is 1. The van der Waals surface area contributed by atoms with Gasteiger partial charge in [0.25, 0.3) is 0 Å². The largest absolute Gasteiger partial charge is 0.456 e. The lowest BCUT2D eigenvalue weighted by Gasteiger charge is -2.10. The molecule has 6 nitrogen and oxygen atoms in total. The number of hydrogen-bond donors (Lipinski definition) is 2. The first-order valence-electron chi connectivity index (χ1n) is 23.6. The summed E-state index contributed by atoms with van der Waals surface area (Å²) in [5, 5.41) is 17.2. The molecule has 0 aliphatic rings. The van der Waals surface area contributed by atoms with Crippen LogP contribution in [-0.4, -0.2) is 17.1 Å². The Hall–Kier alpha value is -8.88. The summed E-state index contributed by atoms with van der Waals surface area (Å²) < 4.78 is 17.5. The van der Waals surface area contributed by atoms with Crippen molar-refractivity contribution in [3.8, 4) is 27.9 Å². The van der Waals surface area contributed by atoms with Crippen LogP contribution < -0.4 is 5.73 Å². The maximum Gasteiger partial charge on any atom is 0.151 e. The van der Waals surface area contributed by atoms with Crippen molar-refractivity contribution < 1.29 is 8.83 Å². The fourth-order valence-corrected chi connectivity index (χ4v) is 11.1. The highest BCUT2D eigenvalue weighted by Crippen LogP contribution is 2.44. The van der Waals surface area contributed by atoms with E-state index in [1.807, 2.05) is 90.2 Å². The maximum absolute atomic E-state index is 7.90. The number of furan rings is 2. The summed E-state index contributed by atoms with van der Waals surface area (Å²) in [4.78, 5) is 3.74. The van der Waals surface area contributed by atoms with Gasteiger partial charge in [0.2, 0.25) is 0 Å². The number of fused-ring (bicyclic) bond motifs is 12. The Morgan fingerprint density at radius 1 is 0.507 bits per heavy atom. The number of para-hydroxylation sites is 3. The average Bonchev–Trinajstić information content (AvgIpc) is 4.19. The van der Waals surface area contributed by atoms with Gasteiger partial charge in [-0.3, -0.25) is 5.41 Å². The number of aryl methyl sites for hydroxylation is 1. The van der Waals surface area contributed by atoms with Crippen LogP contribution in [0.1, 0.15) is 16.7 Å². The molecule has 0 atom stereocenters. The molecular formula is C64H46N4O2S. The van der Waals surface area contributed by atoms with E-state index in [-0.39, 0.29) is 5.84 Å². The lowest BCUT2D eigenvalue weighted by molar-refractivity contribution is 0.668. The Morgan fingerprint density at radius 3 is 1.96 bits per heavy atom. The third kappa shape index (κ3) is 7.84. The molecule has 0 aliphatic carbocycles. The Balaban J connectivity index is 0.000000144. The van der Waals surface area contributed by atoms with Crippen LogP contribution in [0.2, 0.25) is 0 Å². The highest BCUT2D eigenvalue weighted by molar-refractivity contribution is 7.25. The fourth-order valence-electron chi connectivity index (χ4n) is 9.99. The molecule has 7 heteroatoms. The van der Waals surface area contributed by atoms with E-state index in [1.54, 1.807) is 0 Å². The van der Waals surface area contributed by atoms with Gasteiger partial charge in [-0.25, -0.2) is 4.99 Å². The first-order valence-corrected chi connectivity index (χ1v) is 24.4. The molecule has 4 aromatic heterocycles. The van der Waals surface area contributed by atoms with Gasteiger partial charge in [-0.15, -0.1) is 11.3 Å². The quantitative estimate of drug-likeness (QED) is 0.133. The van der Waals surface area contributed by atoms with Gasteiger partial charge in [0.1, 0.15) is 22.3 Å². The minimum absolute atomic E-state index is 0.198. The molecule has 71 heavy (non-hydrogen) atoms. The molecule has 3 N–H and O–H groups in total. The monoisotopic (exact) mass is 934 g/mol. The number of thiophene rings is 1. The fraction of sp³-hybridized carbons (Fsp3) is 0.0312. The van der Waals surface area contributed by atoms with E-state index >= 15 is 0 Å². The SMILES string of the molecule is C=NC(=N)c1ccc2c(c1)c1ccccc1n2-c1ccccc1.Cc1ccccc1.NCc1cccc2oc3ccc(-c4cc(-c5ccc6c(c5)sc5ccccc56)cc5oc6ccccc6c45)cc3c12. The van der Waals surface area contributed by atoms with Crippen LogP contribution in [0.25, 0.3) is 114 Å². The van der Waals surface area contributed by atoms with Gasteiger partial charge < -0.3 is 19.1 Å². The molecule has 0 amide bonds. The van der Waals surface area contributed by atoms with Crippen LogP contribution in [0.3, 0.4) is 0 Å². The number of nitrogens with one attached hydrogen (secondary N) is 1. The molecule has 0 spiro atoms. The minimum atomic E-state index is 0.198. The summed E-state index contributed by atoms with van der Waals surface area (Å²) in [6.45, 7) is 6.00. The summed E-state index contributed by atoms with van der Waals surface area (Å²) in [5.74, 6) is 0.198. The lowest BCUT2D eigenvalue weighted by atomic mass is 9.93. The third-order valence-corrected chi connectivity index (χ3v) is 14.5. The summed E-state index contributed by atoms with van der Waals surface area (Å²) >= 11 is 1.84. The molecule has 10 aromatic carbocycles. The van der Waals surface area contributed by atoms with Gasteiger partial charge in [-0.1, -0.05) is 139 Å². The number of hydrogen-bond acceptors (Lipinski definition) is 5. The van der Waals surface area contributed by atoms with E-state index in [2.05, 4.69) is 163 Å². The second-order valence-corrected chi connectivity index (χ2v) is 18.8. The van der Waals surface area contributed by atoms with Crippen LogP contribution >= 0.6 is 11.3 Å². The van der Waals surface area contributed by atoms with Crippen LogP contribution in [0, 0.1) is 12.3 Å². The summed E-state index contributed by atoms with van der Waals surface area (Å²) in [6, 6.07) is 75.7. The predicted molar refractivity (Wildman–Crippen MR) is 301 cm³/mol. The van der Waals surface area contributed by atoms with Crippen molar-refractivity contribution in [1.29, 1.82) is 5.41 Å². The normalized spacial score (nSPS) is 11.4. The van der Waals surface area contributed by atoms with Gasteiger partial charge in [0.15, 0.2) is 5.84 Å². The summed E-state index contributed by atoms with van der Waals surface area (Å²) in [6.07, 6.45) is 0. The van der Waals surface area contributed by atoms with Crippen LogP contribution in [0.5, 0.6) is 0 Å². The number of benzene rings is 10. The van der Waals surface area contributed by atoms with Crippen molar-refractivity contribution in [2.75, 3.05) is 0 Å². The topological polar surface area (TPSA) is 93.4 Å². The highest BCUT2D eigenvalue weighted by Gasteiger charge is 2.19. The summed E-state index contributed by atoms with van der Waals surface area (Å²) in [5.41, 5.74) is 20.8. The van der Waals surface area contributed by atoms with E-state index in [1.165, 1.54) is 36.7 Å². The van der Waals surface area contributed by atoms with E-state index in [0.717, 1.165) is 93.8 Å². The van der Waals surface area contributed by atoms with Crippen molar-refractivity contribution in [2.45, 2.75) is 13.5 Å². The molecule has 0 bridgehead atoms. The van der Waals surface area contributed by atoms with Gasteiger partial charge >= 0.3 is 0 Å². The number of nitrogens with zero attached hydrogens (tertiary/aromatic N) is 2. The van der Waals surface area contributed by atoms with E-state index in [4.69, 9.17) is 20.0 Å². The van der Waals surface area contributed by atoms with Gasteiger partial charge in [0.05, 0.1) is 11.0 Å². The van der Waals surface area contributed by atoms with E-state index in [9.17, 15) is 0 Å². The van der Waals surface area contributed by atoms with Crippen LogP contribution in [0.4, 0.5) is 0 Å². The first kappa shape index (κ1) is 43.4. The zero-order chi connectivity index (χ0) is 48.0. The van der Waals surface area contributed by atoms with Crippen LogP contribution in [0.15, 0.2) is 232 Å². The molecule has 14 rings (SSSR count). The Morgan fingerprint density at radius 2 is 1.17 bits per heavy atom. The van der Waals surface area contributed by atoms with Gasteiger partial charge in [-0.2, -0.15) is 0 Å². The van der Waals surface area contributed by atoms with Crippen LogP contribution in [-0.2, 0) is 6.54 Å². The Bertz CT molecular complexity index is 4330. The molecule has 0 radical (unpaired) electrons. The summed E-state index contributed by atoms with van der Waals surface area (Å²) in [7, 11) is 0. The molecule has 0 aliphatic heterocycles. The lowest BCUT2D eigenvalue weighted by Crippen LogP contribution is -1.96. The highest BCUT2D eigenvalue weighted by atomic mass is 32.1. The minimum Gasteiger partial charge on any atom is -0.456 e. The molecule has 340 valence electrons. The predicted octanol–water partition coefficient (Wildman–Crippen LogP) is 17.5.